The summed E-state index contributed by atoms with van der Waals surface area (Å²) >= 11 is 7.01. The van der Waals surface area contributed by atoms with Crippen LogP contribution >= 0.6 is 22.9 Å². The number of benzene rings is 2. The van der Waals surface area contributed by atoms with E-state index in [-0.39, 0.29) is 52.7 Å². The molecule has 14 heteroatoms. The van der Waals surface area contributed by atoms with Gasteiger partial charge >= 0.3 is 0 Å². The Bertz CT molecular complexity index is 1580. The number of nitrogens with zero attached hydrogens (tertiary/aromatic N) is 2. The highest BCUT2D eigenvalue weighted by molar-refractivity contribution is 7.94. The van der Waals surface area contributed by atoms with Gasteiger partial charge in [-0.05, 0) is 60.8 Å². The molecule has 0 spiro atoms. The molecule has 2 N–H and O–H groups in total. The molecule has 0 bridgehead atoms. The number of hydrogen-bond acceptors (Lipinski definition) is 8. The van der Waals surface area contributed by atoms with Crippen LogP contribution in [0.3, 0.4) is 0 Å². The topological polar surface area (TPSA) is 133 Å². The van der Waals surface area contributed by atoms with Crippen LogP contribution in [0.4, 0.5) is 5.69 Å². The van der Waals surface area contributed by atoms with E-state index in [4.69, 9.17) is 16.3 Å². The van der Waals surface area contributed by atoms with Crippen molar-refractivity contribution in [2.24, 2.45) is 5.92 Å². The number of halogens is 1. The highest BCUT2D eigenvalue weighted by Gasteiger charge is 2.33. The summed E-state index contributed by atoms with van der Waals surface area (Å²) in [5.41, 5.74) is 0.681. The number of carbonyl (C=O) groups excluding carboxylic acids is 1. The standard InChI is InChI=1S/C27H32ClN3O7S3/c1-18-15-31(19(2)17-32)26(33)14-20-13-22(29-40(34,35)27-5-4-12-39-27)8-11-24(20)38-25(18)16-30(3)41(36,37)23-9-6-21(28)7-10-23/h4-13,18-19,25,29,32H,14-17H2,1-3H3/t18-,19+,25+/m1/s1. The van der Waals surface area contributed by atoms with Gasteiger partial charge in [-0.3, -0.25) is 9.52 Å². The molecule has 2 aromatic carbocycles. The third kappa shape index (κ3) is 7.22. The molecule has 0 fully saturated rings. The molecule has 2 heterocycles. The van der Waals surface area contributed by atoms with E-state index in [2.05, 4.69) is 4.72 Å². The van der Waals surface area contributed by atoms with Crippen molar-refractivity contribution in [3.05, 3.63) is 70.6 Å². The Balaban J connectivity index is 1.68. The molecule has 222 valence electrons. The lowest BCUT2D eigenvalue weighted by Crippen LogP contribution is -2.48. The third-order valence-corrected chi connectivity index (χ3v) is 11.8. The van der Waals surface area contributed by atoms with Crippen LogP contribution < -0.4 is 9.46 Å². The lowest BCUT2D eigenvalue weighted by molar-refractivity contribution is -0.134. The average molecular weight is 642 g/mol. The zero-order valence-corrected chi connectivity index (χ0v) is 25.9. The van der Waals surface area contributed by atoms with Gasteiger partial charge < -0.3 is 14.7 Å². The molecule has 0 saturated carbocycles. The Labute approximate surface area is 249 Å². The van der Waals surface area contributed by atoms with Crippen LogP contribution in [0, 0.1) is 5.92 Å². The summed E-state index contributed by atoms with van der Waals surface area (Å²) in [6, 6.07) is 13.2. The second kappa shape index (κ2) is 12.7. The second-order valence-corrected chi connectivity index (χ2v) is 15.3. The summed E-state index contributed by atoms with van der Waals surface area (Å²) < 4.78 is 62.5. The van der Waals surface area contributed by atoms with Crippen LogP contribution in [0.25, 0.3) is 0 Å². The third-order valence-electron chi connectivity index (χ3n) is 6.89. The van der Waals surface area contributed by atoms with Gasteiger partial charge in [-0.15, -0.1) is 11.3 Å². The van der Waals surface area contributed by atoms with Crippen LogP contribution in [-0.4, -0.2) is 75.9 Å². The van der Waals surface area contributed by atoms with Crippen molar-refractivity contribution in [2.75, 3.05) is 31.5 Å². The van der Waals surface area contributed by atoms with E-state index in [1.807, 2.05) is 6.92 Å². The molecule has 3 aromatic rings. The zero-order valence-electron chi connectivity index (χ0n) is 22.7. The number of ether oxygens (including phenoxy) is 1. The molecule has 0 unspecified atom stereocenters. The maximum atomic E-state index is 13.4. The first-order valence-corrected chi connectivity index (χ1v) is 17.0. The maximum absolute atomic E-state index is 13.4. The van der Waals surface area contributed by atoms with E-state index < -0.39 is 32.2 Å². The van der Waals surface area contributed by atoms with Gasteiger partial charge in [0.15, 0.2) is 0 Å². The molecule has 1 aliphatic rings. The summed E-state index contributed by atoms with van der Waals surface area (Å²) in [6.07, 6.45) is -0.791. The number of aliphatic hydroxyl groups excluding tert-OH is 1. The minimum absolute atomic E-state index is 0.0339. The predicted molar refractivity (Wildman–Crippen MR) is 158 cm³/mol. The molecule has 0 radical (unpaired) electrons. The number of fused-ring (bicyclic) bond motifs is 1. The van der Waals surface area contributed by atoms with Gasteiger partial charge in [0.05, 0.1) is 30.5 Å². The van der Waals surface area contributed by atoms with Crippen molar-refractivity contribution in [3.8, 4) is 5.75 Å². The fourth-order valence-electron chi connectivity index (χ4n) is 4.47. The van der Waals surface area contributed by atoms with Gasteiger partial charge in [0.25, 0.3) is 10.0 Å². The second-order valence-electron chi connectivity index (χ2n) is 9.99. The number of rotatable bonds is 9. The predicted octanol–water partition coefficient (Wildman–Crippen LogP) is 3.67. The van der Waals surface area contributed by atoms with Crippen molar-refractivity contribution in [1.29, 1.82) is 0 Å². The Hall–Kier alpha value is -2.68. The van der Waals surface area contributed by atoms with Crippen molar-refractivity contribution in [2.45, 2.75) is 41.5 Å². The van der Waals surface area contributed by atoms with E-state index in [0.717, 1.165) is 11.3 Å². The first-order chi connectivity index (χ1) is 19.3. The number of likely N-dealkylation sites (N-methyl/N-ethyl adjacent to an activating group) is 1. The number of carbonyl (C=O) groups is 1. The normalized spacial score (nSPS) is 19.1. The highest BCUT2D eigenvalue weighted by Crippen LogP contribution is 2.31. The van der Waals surface area contributed by atoms with Gasteiger partial charge in [0, 0.05) is 35.8 Å². The largest absolute Gasteiger partial charge is 0.488 e. The molecule has 0 aliphatic carbocycles. The van der Waals surface area contributed by atoms with E-state index >= 15 is 0 Å². The summed E-state index contributed by atoms with van der Waals surface area (Å²) in [5.74, 6) is -0.270. The monoisotopic (exact) mass is 641 g/mol. The lowest BCUT2D eigenvalue weighted by atomic mass is 10.0. The molecule has 41 heavy (non-hydrogen) atoms. The number of sulfonamides is 2. The molecular formula is C27H32ClN3O7S3. The van der Waals surface area contributed by atoms with Crippen LogP contribution in [0.15, 0.2) is 69.1 Å². The first-order valence-electron chi connectivity index (χ1n) is 12.8. The van der Waals surface area contributed by atoms with Crippen LogP contribution in [0.1, 0.15) is 19.4 Å². The quantitative estimate of drug-likeness (QED) is 0.364. The number of hydrogen-bond donors (Lipinski definition) is 2. The molecule has 1 aliphatic heterocycles. The Kier molecular flexibility index (Phi) is 9.66. The minimum atomic E-state index is -3.88. The number of thiophene rings is 1. The van der Waals surface area contributed by atoms with E-state index in [1.165, 1.54) is 47.8 Å². The number of anilines is 1. The first kappa shape index (κ1) is 31.3. The van der Waals surface area contributed by atoms with E-state index in [0.29, 0.717) is 16.3 Å². The fourth-order valence-corrected chi connectivity index (χ4v) is 7.82. The van der Waals surface area contributed by atoms with Crippen molar-refractivity contribution in [1.82, 2.24) is 9.21 Å². The van der Waals surface area contributed by atoms with Crippen molar-refractivity contribution < 1.29 is 31.5 Å². The molecule has 4 rings (SSSR count). The fraction of sp³-hybridized carbons (Fsp3) is 0.370. The van der Waals surface area contributed by atoms with Crippen LogP contribution in [0.5, 0.6) is 5.75 Å². The summed E-state index contributed by atoms with van der Waals surface area (Å²) in [6.45, 7) is 3.50. The number of nitrogens with one attached hydrogen (secondary N) is 1. The average Bonchev–Trinajstić information content (AvgIpc) is 3.49. The van der Waals surface area contributed by atoms with Gasteiger partial charge in [-0.2, -0.15) is 4.31 Å². The zero-order chi connectivity index (χ0) is 29.9. The molecular weight excluding hydrogens is 610 g/mol. The van der Waals surface area contributed by atoms with Gasteiger partial charge in [0.1, 0.15) is 16.1 Å². The van der Waals surface area contributed by atoms with Crippen LogP contribution in [0.2, 0.25) is 5.02 Å². The van der Waals surface area contributed by atoms with Crippen molar-refractivity contribution >= 4 is 54.6 Å². The van der Waals surface area contributed by atoms with Crippen LogP contribution in [-0.2, 0) is 31.3 Å². The highest BCUT2D eigenvalue weighted by atomic mass is 35.5. The summed E-state index contributed by atoms with van der Waals surface area (Å²) in [5, 5.41) is 11.9. The van der Waals surface area contributed by atoms with E-state index in [9.17, 15) is 26.7 Å². The maximum Gasteiger partial charge on any atom is 0.271 e. The lowest BCUT2D eigenvalue weighted by Gasteiger charge is -2.33. The van der Waals surface area contributed by atoms with Crippen molar-refractivity contribution in [3.63, 3.8) is 0 Å². The SMILES string of the molecule is C[C@@H]1CN([C@@H](C)CO)C(=O)Cc2cc(NS(=O)(=O)c3cccs3)ccc2O[C@H]1CN(C)S(=O)(=O)c1ccc(Cl)cc1. The molecule has 1 aromatic heterocycles. The van der Waals surface area contributed by atoms with E-state index in [1.54, 1.807) is 35.4 Å². The number of aliphatic hydroxyl groups is 1. The van der Waals surface area contributed by atoms with Gasteiger partial charge in [-0.1, -0.05) is 24.6 Å². The Morgan fingerprint density at radius 3 is 2.51 bits per heavy atom. The summed E-state index contributed by atoms with van der Waals surface area (Å²) in [4.78, 5) is 15.0. The number of amides is 1. The minimum Gasteiger partial charge on any atom is -0.488 e. The molecule has 3 atom stereocenters. The van der Waals surface area contributed by atoms with Gasteiger partial charge in [0.2, 0.25) is 15.9 Å². The molecule has 0 saturated heterocycles. The van der Waals surface area contributed by atoms with Gasteiger partial charge in [-0.25, -0.2) is 16.8 Å². The summed E-state index contributed by atoms with van der Waals surface area (Å²) in [7, 11) is -6.25. The molecule has 1 amide bonds. The Morgan fingerprint density at radius 2 is 1.88 bits per heavy atom. The smallest absolute Gasteiger partial charge is 0.271 e. The Morgan fingerprint density at radius 1 is 1.17 bits per heavy atom. The molecule has 10 nitrogen and oxygen atoms in total.